The van der Waals surface area contributed by atoms with Gasteiger partial charge in [-0.05, 0) is 25.0 Å². The summed E-state index contributed by atoms with van der Waals surface area (Å²) in [5.74, 6) is 0.849. The molecule has 1 amide bonds. The molecular weight excluding hydrogens is 240 g/mol. The van der Waals surface area contributed by atoms with Gasteiger partial charge in [-0.25, -0.2) is 4.98 Å². The van der Waals surface area contributed by atoms with Crippen molar-refractivity contribution in [3.63, 3.8) is 0 Å². The highest BCUT2D eigenvalue weighted by molar-refractivity contribution is 5.90. The van der Waals surface area contributed by atoms with Crippen molar-refractivity contribution in [3.8, 4) is 0 Å². The van der Waals surface area contributed by atoms with E-state index in [1.54, 1.807) is 0 Å². The van der Waals surface area contributed by atoms with Crippen LogP contribution in [0.15, 0.2) is 24.5 Å². The van der Waals surface area contributed by atoms with E-state index in [4.69, 9.17) is 5.73 Å². The molecule has 1 saturated heterocycles. The topological polar surface area (TPSA) is 64.2 Å². The molecule has 1 aliphatic heterocycles. The van der Waals surface area contributed by atoms with E-state index in [1.807, 2.05) is 25.5 Å². The number of rotatable bonds is 2. The third-order valence-corrected chi connectivity index (χ3v) is 3.96. The van der Waals surface area contributed by atoms with Crippen molar-refractivity contribution in [2.24, 2.45) is 18.7 Å². The molecule has 2 aromatic rings. The highest BCUT2D eigenvalue weighted by atomic mass is 16.1. The lowest BCUT2D eigenvalue weighted by atomic mass is 9.96. The summed E-state index contributed by atoms with van der Waals surface area (Å²) in [5.41, 5.74) is 6.53. The van der Waals surface area contributed by atoms with Crippen LogP contribution in [0.2, 0.25) is 0 Å². The maximum atomic E-state index is 11.2. The number of aryl methyl sites for hydroxylation is 1. The second-order valence-corrected chi connectivity index (χ2v) is 5.16. The Morgan fingerprint density at radius 1 is 1.37 bits per heavy atom. The fourth-order valence-electron chi connectivity index (χ4n) is 2.83. The molecular formula is C14H18N4O. The number of primary amides is 1. The van der Waals surface area contributed by atoms with Crippen molar-refractivity contribution in [2.45, 2.75) is 12.8 Å². The van der Waals surface area contributed by atoms with Gasteiger partial charge in [0, 0.05) is 43.8 Å². The molecule has 19 heavy (non-hydrogen) atoms. The van der Waals surface area contributed by atoms with Gasteiger partial charge in [-0.2, -0.15) is 0 Å². The van der Waals surface area contributed by atoms with Crippen LogP contribution < -0.4 is 10.6 Å². The number of aromatic nitrogens is 2. The molecule has 0 aliphatic carbocycles. The number of hydrogen-bond donors (Lipinski definition) is 1. The van der Waals surface area contributed by atoms with Crippen molar-refractivity contribution in [1.29, 1.82) is 0 Å². The molecule has 3 heterocycles. The molecule has 5 nitrogen and oxygen atoms in total. The molecule has 0 atom stereocenters. The number of fused-ring (bicyclic) bond motifs is 1. The van der Waals surface area contributed by atoms with E-state index in [1.165, 1.54) is 5.39 Å². The van der Waals surface area contributed by atoms with Gasteiger partial charge in [0.15, 0.2) is 5.82 Å². The fourth-order valence-corrected chi connectivity index (χ4v) is 2.83. The first-order valence-electron chi connectivity index (χ1n) is 6.61. The molecule has 1 aliphatic rings. The van der Waals surface area contributed by atoms with Crippen molar-refractivity contribution < 1.29 is 4.79 Å². The van der Waals surface area contributed by atoms with Crippen LogP contribution in [0.4, 0.5) is 5.82 Å². The quantitative estimate of drug-likeness (QED) is 0.882. The van der Waals surface area contributed by atoms with Gasteiger partial charge in [-0.1, -0.05) is 0 Å². The Balaban J connectivity index is 1.90. The number of nitrogens with two attached hydrogens (primary N) is 1. The Bertz CT molecular complexity index is 611. The first-order valence-corrected chi connectivity index (χ1v) is 6.61. The number of nitrogens with zero attached hydrogens (tertiary/aromatic N) is 3. The summed E-state index contributed by atoms with van der Waals surface area (Å²) in [5, 5.41) is 1.20. The monoisotopic (exact) mass is 258 g/mol. The molecule has 5 heteroatoms. The number of pyridine rings is 1. The van der Waals surface area contributed by atoms with Crippen LogP contribution >= 0.6 is 0 Å². The Morgan fingerprint density at radius 2 is 2.11 bits per heavy atom. The summed E-state index contributed by atoms with van der Waals surface area (Å²) >= 11 is 0. The molecule has 2 N–H and O–H groups in total. The third kappa shape index (κ3) is 2.05. The van der Waals surface area contributed by atoms with Gasteiger partial charge >= 0.3 is 0 Å². The largest absolute Gasteiger partial charge is 0.369 e. The van der Waals surface area contributed by atoms with Crippen molar-refractivity contribution in [1.82, 2.24) is 9.55 Å². The minimum absolute atomic E-state index is 0.0175. The van der Waals surface area contributed by atoms with E-state index in [0.717, 1.165) is 37.3 Å². The zero-order valence-corrected chi connectivity index (χ0v) is 11.0. The summed E-state index contributed by atoms with van der Waals surface area (Å²) in [6.07, 6.45) is 5.53. The SMILES string of the molecule is Cn1ccc2ccnc(N3CCC(C(N)=O)CC3)c21. The molecule has 0 aromatic carbocycles. The Morgan fingerprint density at radius 3 is 2.79 bits per heavy atom. The minimum atomic E-state index is -0.176. The lowest BCUT2D eigenvalue weighted by Crippen LogP contribution is -2.39. The Hall–Kier alpha value is -2.04. The van der Waals surface area contributed by atoms with Crippen LogP contribution in [0.5, 0.6) is 0 Å². The lowest BCUT2D eigenvalue weighted by molar-refractivity contribution is -0.122. The third-order valence-electron chi connectivity index (χ3n) is 3.96. The zero-order chi connectivity index (χ0) is 13.4. The Kier molecular flexibility index (Phi) is 2.89. The molecule has 0 bridgehead atoms. The van der Waals surface area contributed by atoms with Gasteiger partial charge in [0.2, 0.25) is 5.91 Å². The number of hydrogen-bond acceptors (Lipinski definition) is 3. The second kappa shape index (κ2) is 4.57. The van der Waals surface area contributed by atoms with Gasteiger partial charge in [0.1, 0.15) is 0 Å². The predicted molar refractivity (Wildman–Crippen MR) is 74.8 cm³/mol. The summed E-state index contributed by atoms with van der Waals surface area (Å²) in [6, 6.07) is 4.12. The van der Waals surface area contributed by atoms with Crippen molar-refractivity contribution in [3.05, 3.63) is 24.5 Å². The maximum absolute atomic E-state index is 11.2. The number of anilines is 1. The standard InChI is InChI=1S/C14H18N4O/c1-17-7-3-10-2-6-16-14(12(10)17)18-8-4-11(5-9-18)13(15)19/h2-3,6-7,11H,4-5,8-9H2,1H3,(H2,15,19). The van der Waals surface area contributed by atoms with Crippen molar-refractivity contribution in [2.75, 3.05) is 18.0 Å². The van der Waals surface area contributed by atoms with E-state index in [9.17, 15) is 4.79 Å². The summed E-state index contributed by atoms with van der Waals surface area (Å²) in [6.45, 7) is 1.68. The first-order chi connectivity index (χ1) is 9.16. The molecule has 0 spiro atoms. The van der Waals surface area contributed by atoms with Crippen LogP contribution in [0.1, 0.15) is 12.8 Å². The average molecular weight is 258 g/mol. The summed E-state index contributed by atoms with van der Waals surface area (Å²) in [4.78, 5) is 18.0. The molecule has 3 rings (SSSR count). The highest BCUT2D eigenvalue weighted by Gasteiger charge is 2.25. The predicted octanol–water partition coefficient (Wildman–Crippen LogP) is 1.27. The number of carbonyl (C=O) groups is 1. The first kappa shape index (κ1) is 12.0. The smallest absolute Gasteiger partial charge is 0.220 e. The van der Waals surface area contributed by atoms with Crippen LogP contribution in [0.3, 0.4) is 0 Å². The molecule has 1 fully saturated rings. The van der Waals surface area contributed by atoms with E-state index in [0.29, 0.717) is 0 Å². The van der Waals surface area contributed by atoms with Gasteiger partial charge in [-0.15, -0.1) is 0 Å². The van der Waals surface area contributed by atoms with Gasteiger partial charge in [0.25, 0.3) is 0 Å². The summed E-state index contributed by atoms with van der Waals surface area (Å²) in [7, 11) is 2.03. The van der Waals surface area contributed by atoms with Crippen LogP contribution in [-0.2, 0) is 11.8 Å². The van der Waals surface area contributed by atoms with Crippen LogP contribution in [0, 0.1) is 5.92 Å². The van der Waals surface area contributed by atoms with Crippen molar-refractivity contribution >= 4 is 22.6 Å². The van der Waals surface area contributed by atoms with Gasteiger partial charge in [-0.3, -0.25) is 4.79 Å². The maximum Gasteiger partial charge on any atom is 0.220 e. The molecule has 100 valence electrons. The number of piperidine rings is 1. The van der Waals surface area contributed by atoms with E-state index < -0.39 is 0 Å². The summed E-state index contributed by atoms with van der Waals surface area (Å²) < 4.78 is 2.10. The Labute approximate surface area is 112 Å². The van der Waals surface area contributed by atoms with Crippen LogP contribution in [0.25, 0.3) is 10.9 Å². The normalized spacial score (nSPS) is 17.0. The van der Waals surface area contributed by atoms with Gasteiger partial charge < -0.3 is 15.2 Å². The molecule has 0 saturated carbocycles. The van der Waals surface area contributed by atoms with E-state index in [2.05, 4.69) is 20.5 Å². The molecule has 0 radical (unpaired) electrons. The molecule has 2 aromatic heterocycles. The fraction of sp³-hybridized carbons (Fsp3) is 0.429. The number of amides is 1. The van der Waals surface area contributed by atoms with Crippen LogP contribution in [-0.4, -0.2) is 28.5 Å². The minimum Gasteiger partial charge on any atom is -0.369 e. The lowest BCUT2D eigenvalue weighted by Gasteiger charge is -2.31. The highest BCUT2D eigenvalue weighted by Crippen LogP contribution is 2.28. The van der Waals surface area contributed by atoms with Gasteiger partial charge in [0.05, 0.1) is 5.52 Å². The second-order valence-electron chi connectivity index (χ2n) is 5.16. The molecule has 0 unspecified atom stereocenters. The zero-order valence-electron chi connectivity index (χ0n) is 11.0. The number of carbonyl (C=O) groups excluding carboxylic acids is 1. The van der Waals surface area contributed by atoms with E-state index in [-0.39, 0.29) is 11.8 Å². The van der Waals surface area contributed by atoms with E-state index >= 15 is 0 Å². The average Bonchev–Trinajstić information content (AvgIpc) is 2.81.